The lowest BCUT2D eigenvalue weighted by atomic mass is 10.1. The normalized spacial score (nSPS) is 24.7. The quantitative estimate of drug-likeness (QED) is 0.476. The molecule has 26 heavy (non-hydrogen) atoms. The van der Waals surface area contributed by atoms with Crippen LogP contribution in [0.4, 0.5) is 5.95 Å². The lowest BCUT2D eigenvalue weighted by molar-refractivity contribution is -0.166. The molecule has 0 amide bonds. The van der Waals surface area contributed by atoms with Gasteiger partial charge >= 0.3 is 23.6 Å². The third-order valence-corrected chi connectivity index (χ3v) is 3.36. The van der Waals surface area contributed by atoms with Crippen LogP contribution in [0.15, 0.2) is 11.1 Å². The summed E-state index contributed by atoms with van der Waals surface area (Å²) in [5, 5.41) is 0. The fraction of sp³-hybridized carbons (Fsp3) is 0.571. The molecular formula is C14H18N4O8. The van der Waals surface area contributed by atoms with Gasteiger partial charge in [0.1, 0.15) is 19.0 Å². The van der Waals surface area contributed by atoms with E-state index in [0.717, 1.165) is 24.7 Å². The zero-order chi connectivity index (χ0) is 19.4. The molecule has 2 rings (SSSR count). The molecule has 0 spiro atoms. The Kier molecular flexibility index (Phi) is 5.87. The van der Waals surface area contributed by atoms with E-state index in [4.69, 9.17) is 24.7 Å². The SMILES string of the molecule is CC(=O)OC[C@H]1O[C@@H](n2cnc(N)nc2=O)[C@H](OC(C)=O)[C@@H]1OC(C)=O. The van der Waals surface area contributed by atoms with Gasteiger partial charge in [0.2, 0.25) is 5.95 Å². The van der Waals surface area contributed by atoms with Crippen LogP contribution in [0.25, 0.3) is 0 Å². The Morgan fingerprint density at radius 3 is 2.31 bits per heavy atom. The van der Waals surface area contributed by atoms with E-state index in [1.54, 1.807) is 0 Å². The first kappa shape index (κ1) is 19.3. The lowest BCUT2D eigenvalue weighted by Gasteiger charge is -2.23. The highest BCUT2D eigenvalue weighted by Gasteiger charge is 2.51. The fourth-order valence-corrected chi connectivity index (χ4v) is 2.45. The molecule has 1 aromatic heterocycles. The van der Waals surface area contributed by atoms with Gasteiger partial charge in [0.15, 0.2) is 18.4 Å². The summed E-state index contributed by atoms with van der Waals surface area (Å²) in [5.41, 5.74) is 4.54. The summed E-state index contributed by atoms with van der Waals surface area (Å²) < 4.78 is 21.8. The smallest absolute Gasteiger partial charge is 0.354 e. The average Bonchev–Trinajstić information content (AvgIpc) is 2.82. The summed E-state index contributed by atoms with van der Waals surface area (Å²) in [6.45, 7) is 3.20. The van der Waals surface area contributed by atoms with Crippen LogP contribution in [-0.4, -0.2) is 57.4 Å². The molecule has 1 fully saturated rings. The Morgan fingerprint density at radius 1 is 1.15 bits per heavy atom. The van der Waals surface area contributed by atoms with Gasteiger partial charge in [-0.05, 0) is 0 Å². The van der Waals surface area contributed by atoms with Crippen LogP contribution in [-0.2, 0) is 33.3 Å². The number of esters is 3. The molecule has 0 aromatic carbocycles. The number of nitrogens with two attached hydrogens (primary N) is 1. The molecular weight excluding hydrogens is 352 g/mol. The Bertz CT molecular complexity index is 764. The third kappa shape index (κ3) is 4.53. The number of anilines is 1. The maximum absolute atomic E-state index is 12.1. The molecule has 4 atom stereocenters. The van der Waals surface area contributed by atoms with Crippen molar-refractivity contribution in [2.24, 2.45) is 0 Å². The number of carbonyl (C=O) groups is 3. The number of nitrogens with zero attached hydrogens (tertiary/aromatic N) is 3. The van der Waals surface area contributed by atoms with Crippen LogP contribution < -0.4 is 11.4 Å². The Morgan fingerprint density at radius 2 is 1.77 bits per heavy atom. The molecule has 1 aromatic rings. The third-order valence-electron chi connectivity index (χ3n) is 3.36. The maximum atomic E-state index is 12.1. The van der Waals surface area contributed by atoms with Gasteiger partial charge in [-0.15, -0.1) is 0 Å². The topological polar surface area (TPSA) is 162 Å². The summed E-state index contributed by atoms with van der Waals surface area (Å²) in [5.74, 6) is -2.21. The van der Waals surface area contributed by atoms with Crippen LogP contribution in [0.2, 0.25) is 0 Å². The van der Waals surface area contributed by atoms with Crippen molar-refractivity contribution in [2.45, 2.75) is 45.3 Å². The second kappa shape index (κ2) is 7.91. The van der Waals surface area contributed by atoms with Gasteiger partial charge in [-0.3, -0.25) is 19.0 Å². The van der Waals surface area contributed by atoms with Gasteiger partial charge < -0.3 is 24.7 Å². The highest BCUT2D eigenvalue weighted by atomic mass is 16.7. The monoisotopic (exact) mass is 370 g/mol. The van der Waals surface area contributed by atoms with Gasteiger partial charge in [0.05, 0.1) is 0 Å². The van der Waals surface area contributed by atoms with Crippen LogP contribution in [0.5, 0.6) is 0 Å². The number of hydrogen-bond donors (Lipinski definition) is 1. The van der Waals surface area contributed by atoms with Crippen molar-refractivity contribution in [2.75, 3.05) is 12.3 Å². The minimum atomic E-state index is -1.21. The van der Waals surface area contributed by atoms with E-state index in [2.05, 4.69) is 9.97 Å². The van der Waals surface area contributed by atoms with Crippen LogP contribution >= 0.6 is 0 Å². The van der Waals surface area contributed by atoms with E-state index in [9.17, 15) is 19.2 Å². The first-order chi connectivity index (χ1) is 12.2. The van der Waals surface area contributed by atoms with E-state index in [1.807, 2.05) is 0 Å². The van der Waals surface area contributed by atoms with Crippen molar-refractivity contribution >= 4 is 23.9 Å². The van der Waals surface area contributed by atoms with Crippen molar-refractivity contribution in [3.63, 3.8) is 0 Å². The van der Waals surface area contributed by atoms with Crippen molar-refractivity contribution in [1.82, 2.24) is 14.5 Å². The minimum absolute atomic E-state index is 0.249. The number of nitrogen functional groups attached to an aromatic ring is 1. The Balaban J connectivity index is 2.40. The highest BCUT2D eigenvalue weighted by molar-refractivity contribution is 5.67. The predicted octanol–water partition coefficient (Wildman–Crippen LogP) is -1.46. The lowest BCUT2D eigenvalue weighted by Crippen LogP contribution is -2.42. The standard InChI is InChI=1S/C14H18N4O8/c1-6(19)23-4-9-10(24-7(2)20)11(25-8(3)21)12(26-9)18-5-16-13(15)17-14(18)22/h5,9-12H,4H2,1-3H3,(H2,15,17,22)/t9-,10-,11-,12-/m1/s1. The molecule has 12 heteroatoms. The molecule has 12 nitrogen and oxygen atoms in total. The van der Waals surface area contributed by atoms with E-state index < -0.39 is 48.1 Å². The summed E-state index contributed by atoms with van der Waals surface area (Å²) in [7, 11) is 0. The molecule has 0 bridgehead atoms. The minimum Gasteiger partial charge on any atom is -0.463 e. The highest BCUT2D eigenvalue weighted by Crippen LogP contribution is 2.33. The number of rotatable bonds is 5. The molecule has 0 unspecified atom stereocenters. The molecule has 0 radical (unpaired) electrons. The molecule has 1 saturated heterocycles. The fourth-order valence-electron chi connectivity index (χ4n) is 2.45. The van der Waals surface area contributed by atoms with E-state index in [0.29, 0.717) is 0 Å². The van der Waals surface area contributed by atoms with E-state index in [-0.39, 0.29) is 12.6 Å². The van der Waals surface area contributed by atoms with Gasteiger partial charge in [-0.1, -0.05) is 0 Å². The van der Waals surface area contributed by atoms with E-state index >= 15 is 0 Å². The van der Waals surface area contributed by atoms with Gasteiger partial charge in [0, 0.05) is 20.8 Å². The van der Waals surface area contributed by atoms with Crippen molar-refractivity contribution in [1.29, 1.82) is 0 Å². The van der Waals surface area contributed by atoms with Crippen LogP contribution in [0.3, 0.4) is 0 Å². The zero-order valence-electron chi connectivity index (χ0n) is 14.3. The molecule has 142 valence electrons. The van der Waals surface area contributed by atoms with E-state index in [1.165, 1.54) is 6.92 Å². The number of hydrogen-bond acceptors (Lipinski definition) is 11. The molecule has 2 heterocycles. The second-order valence-corrected chi connectivity index (χ2v) is 5.42. The van der Waals surface area contributed by atoms with Gasteiger partial charge in [-0.25, -0.2) is 9.78 Å². The van der Waals surface area contributed by atoms with Crippen molar-refractivity contribution in [3.05, 3.63) is 16.8 Å². The summed E-state index contributed by atoms with van der Waals surface area (Å²) >= 11 is 0. The first-order valence-corrected chi connectivity index (χ1v) is 7.53. The molecule has 2 N–H and O–H groups in total. The van der Waals surface area contributed by atoms with Gasteiger partial charge in [0.25, 0.3) is 0 Å². The first-order valence-electron chi connectivity index (χ1n) is 7.53. The second-order valence-electron chi connectivity index (χ2n) is 5.42. The van der Waals surface area contributed by atoms with Crippen molar-refractivity contribution < 1.29 is 33.3 Å². The largest absolute Gasteiger partial charge is 0.463 e. The van der Waals surface area contributed by atoms with Gasteiger partial charge in [-0.2, -0.15) is 4.98 Å². The molecule has 0 saturated carbocycles. The Labute approximate surface area is 147 Å². The summed E-state index contributed by atoms with van der Waals surface area (Å²) in [4.78, 5) is 53.2. The van der Waals surface area contributed by atoms with Crippen LogP contribution in [0.1, 0.15) is 27.0 Å². The number of carbonyl (C=O) groups excluding carboxylic acids is 3. The average molecular weight is 370 g/mol. The molecule has 0 aliphatic carbocycles. The Hall–Kier alpha value is -3.02. The summed E-state index contributed by atoms with van der Waals surface area (Å²) in [6, 6.07) is 0. The van der Waals surface area contributed by atoms with Crippen molar-refractivity contribution in [3.8, 4) is 0 Å². The number of aromatic nitrogens is 3. The number of ether oxygens (including phenoxy) is 4. The predicted molar refractivity (Wildman–Crippen MR) is 82.4 cm³/mol. The molecule has 1 aliphatic heterocycles. The summed E-state index contributed by atoms with van der Waals surface area (Å²) in [6.07, 6.45) is -3.45. The maximum Gasteiger partial charge on any atom is 0.354 e. The van der Waals surface area contributed by atoms with Crippen LogP contribution in [0, 0.1) is 0 Å². The molecule has 1 aliphatic rings. The zero-order valence-corrected chi connectivity index (χ0v) is 14.3.